The van der Waals surface area contributed by atoms with Gasteiger partial charge in [-0.3, -0.25) is 4.79 Å². The first kappa shape index (κ1) is 15.1. The zero-order valence-corrected chi connectivity index (χ0v) is 12.9. The van der Waals surface area contributed by atoms with Crippen LogP contribution in [0.3, 0.4) is 0 Å². The van der Waals surface area contributed by atoms with Gasteiger partial charge in [-0.2, -0.15) is 0 Å². The molecule has 0 saturated carbocycles. The number of hydrogen-bond donors (Lipinski definition) is 1. The molecule has 0 spiro atoms. The molecule has 0 saturated heterocycles. The second-order valence-corrected chi connectivity index (χ2v) is 5.21. The number of ether oxygens (including phenoxy) is 1. The van der Waals surface area contributed by atoms with Crippen LogP contribution >= 0.6 is 0 Å². The lowest BCUT2D eigenvalue weighted by molar-refractivity contribution is 0.0924. The van der Waals surface area contributed by atoms with Gasteiger partial charge in [-0.15, -0.1) is 0 Å². The van der Waals surface area contributed by atoms with Crippen LogP contribution in [-0.4, -0.2) is 13.0 Å². The number of aryl methyl sites for hydroxylation is 1. The molecule has 0 aliphatic heterocycles. The molecule has 23 heavy (non-hydrogen) atoms. The Morgan fingerprint density at radius 3 is 2.78 bits per heavy atom. The SMILES string of the molecule is COc1cccc(CNC(=O)c2oc3c(F)cccc3c2C)c1. The average Bonchev–Trinajstić information content (AvgIpc) is 2.91. The number of para-hydroxylation sites is 1. The van der Waals surface area contributed by atoms with Gasteiger partial charge in [-0.05, 0) is 30.7 Å². The van der Waals surface area contributed by atoms with Crippen LogP contribution in [-0.2, 0) is 6.54 Å². The van der Waals surface area contributed by atoms with Crippen molar-refractivity contribution in [3.63, 3.8) is 0 Å². The summed E-state index contributed by atoms with van der Waals surface area (Å²) < 4.78 is 24.3. The van der Waals surface area contributed by atoms with E-state index in [1.165, 1.54) is 6.07 Å². The van der Waals surface area contributed by atoms with E-state index in [9.17, 15) is 9.18 Å². The van der Waals surface area contributed by atoms with Gasteiger partial charge in [0.25, 0.3) is 5.91 Å². The average molecular weight is 313 g/mol. The molecule has 0 bridgehead atoms. The number of carbonyl (C=O) groups is 1. The van der Waals surface area contributed by atoms with Crippen molar-refractivity contribution in [1.29, 1.82) is 0 Å². The Kier molecular flexibility index (Phi) is 4.02. The molecule has 3 rings (SSSR count). The molecule has 3 aromatic rings. The zero-order chi connectivity index (χ0) is 16.4. The highest BCUT2D eigenvalue weighted by Gasteiger charge is 2.19. The van der Waals surface area contributed by atoms with Crippen molar-refractivity contribution < 1.29 is 18.3 Å². The summed E-state index contributed by atoms with van der Waals surface area (Å²) in [6.07, 6.45) is 0. The number of methoxy groups -OCH3 is 1. The van der Waals surface area contributed by atoms with Crippen molar-refractivity contribution in [3.05, 3.63) is 65.2 Å². The predicted octanol–water partition coefficient (Wildman–Crippen LogP) is 3.82. The number of benzene rings is 2. The Bertz CT molecular complexity index is 870. The highest BCUT2D eigenvalue weighted by molar-refractivity contribution is 5.98. The first-order chi connectivity index (χ1) is 11.1. The number of carbonyl (C=O) groups excluding carboxylic acids is 1. The molecule has 0 aliphatic carbocycles. The van der Waals surface area contributed by atoms with Gasteiger partial charge in [0.1, 0.15) is 5.75 Å². The Hall–Kier alpha value is -2.82. The van der Waals surface area contributed by atoms with Crippen LogP contribution in [0.5, 0.6) is 5.75 Å². The quantitative estimate of drug-likeness (QED) is 0.796. The van der Waals surface area contributed by atoms with Gasteiger partial charge < -0.3 is 14.5 Å². The molecular weight excluding hydrogens is 297 g/mol. The van der Waals surface area contributed by atoms with Crippen molar-refractivity contribution in [2.24, 2.45) is 0 Å². The molecule has 1 heterocycles. The number of amides is 1. The number of halogens is 1. The van der Waals surface area contributed by atoms with Crippen molar-refractivity contribution in [2.75, 3.05) is 7.11 Å². The number of rotatable bonds is 4. The predicted molar refractivity (Wildman–Crippen MR) is 85.1 cm³/mol. The number of hydrogen-bond acceptors (Lipinski definition) is 3. The van der Waals surface area contributed by atoms with Gasteiger partial charge in [0.2, 0.25) is 0 Å². The smallest absolute Gasteiger partial charge is 0.287 e. The van der Waals surface area contributed by atoms with Gasteiger partial charge >= 0.3 is 0 Å². The minimum absolute atomic E-state index is 0.108. The van der Waals surface area contributed by atoms with Crippen LogP contribution in [0, 0.1) is 12.7 Å². The van der Waals surface area contributed by atoms with Crippen molar-refractivity contribution in [2.45, 2.75) is 13.5 Å². The van der Waals surface area contributed by atoms with E-state index < -0.39 is 5.82 Å². The van der Waals surface area contributed by atoms with Crippen LogP contribution in [0.4, 0.5) is 4.39 Å². The molecule has 5 heteroatoms. The van der Waals surface area contributed by atoms with Gasteiger partial charge in [0.05, 0.1) is 7.11 Å². The highest BCUT2D eigenvalue weighted by Crippen LogP contribution is 2.27. The molecule has 1 N–H and O–H groups in total. The van der Waals surface area contributed by atoms with Gasteiger partial charge in [-0.1, -0.05) is 24.3 Å². The van der Waals surface area contributed by atoms with Crippen LogP contribution in [0.15, 0.2) is 46.9 Å². The van der Waals surface area contributed by atoms with Gasteiger partial charge in [-0.25, -0.2) is 4.39 Å². The zero-order valence-electron chi connectivity index (χ0n) is 12.9. The third-order valence-corrected chi connectivity index (χ3v) is 3.71. The monoisotopic (exact) mass is 313 g/mol. The summed E-state index contributed by atoms with van der Waals surface area (Å²) in [6.45, 7) is 2.07. The van der Waals surface area contributed by atoms with E-state index in [2.05, 4.69) is 5.32 Å². The molecule has 4 nitrogen and oxygen atoms in total. The Morgan fingerprint density at radius 1 is 1.26 bits per heavy atom. The second kappa shape index (κ2) is 6.12. The molecule has 0 atom stereocenters. The van der Waals surface area contributed by atoms with E-state index in [0.29, 0.717) is 17.5 Å². The molecule has 0 aliphatic rings. The van der Waals surface area contributed by atoms with Crippen LogP contribution < -0.4 is 10.1 Å². The maximum Gasteiger partial charge on any atom is 0.287 e. The van der Waals surface area contributed by atoms with E-state index in [4.69, 9.17) is 9.15 Å². The van der Waals surface area contributed by atoms with E-state index in [1.54, 1.807) is 26.2 Å². The van der Waals surface area contributed by atoms with E-state index in [1.807, 2.05) is 24.3 Å². The lowest BCUT2D eigenvalue weighted by atomic mass is 10.1. The topological polar surface area (TPSA) is 51.5 Å². The largest absolute Gasteiger partial charge is 0.497 e. The van der Waals surface area contributed by atoms with Crippen molar-refractivity contribution in [3.8, 4) is 5.75 Å². The minimum atomic E-state index is -0.475. The van der Waals surface area contributed by atoms with E-state index in [0.717, 1.165) is 11.3 Å². The minimum Gasteiger partial charge on any atom is -0.497 e. The summed E-state index contributed by atoms with van der Waals surface area (Å²) in [4.78, 5) is 12.3. The molecule has 0 radical (unpaired) electrons. The lowest BCUT2D eigenvalue weighted by Gasteiger charge is -2.06. The molecule has 1 amide bonds. The van der Waals surface area contributed by atoms with E-state index in [-0.39, 0.29) is 17.3 Å². The lowest BCUT2D eigenvalue weighted by Crippen LogP contribution is -2.22. The third-order valence-electron chi connectivity index (χ3n) is 3.71. The molecular formula is C18H16FNO3. The normalized spacial score (nSPS) is 10.7. The second-order valence-electron chi connectivity index (χ2n) is 5.21. The number of furan rings is 1. The first-order valence-corrected chi connectivity index (χ1v) is 7.19. The molecule has 118 valence electrons. The summed E-state index contributed by atoms with van der Waals surface area (Å²) in [5, 5.41) is 3.39. The molecule has 1 aromatic heterocycles. The standard InChI is InChI=1S/C18H16FNO3/c1-11-14-7-4-8-15(19)17(14)23-16(11)18(21)20-10-12-5-3-6-13(9-12)22-2/h3-9H,10H2,1-2H3,(H,20,21). The van der Waals surface area contributed by atoms with Crippen LogP contribution in [0.25, 0.3) is 11.0 Å². The Balaban J connectivity index is 1.81. The number of nitrogens with one attached hydrogen (secondary N) is 1. The van der Waals surface area contributed by atoms with Crippen molar-refractivity contribution in [1.82, 2.24) is 5.32 Å². The maximum absolute atomic E-state index is 13.7. The fraction of sp³-hybridized carbons (Fsp3) is 0.167. The number of fused-ring (bicyclic) bond motifs is 1. The highest BCUT2D eigenvalue weighted by atomic mass is 19.1. The Morgan fingerprint density at radius 2 is 2.04 bits per heavy atom. The molecule has 0 unspecified atom stereocenters. The van der Waals surface area contributed by atoms with Crippen molar-refractivity contribution >= 4 is 16.9 Å². The summed E-state index contributed by atoms with van der Waals surface area (Å²) in [7, 11) is 1.59. The fourth-order valence-corrected chi connectivity index (χ4v) is 2.47. The first-order valence-electron chi connectivity index (χ1n) is 7.19. The van der Waals surface area contributed by atoms with Gasteiger partial charge in [0, 0.05) is 17.5 Å². The maximum atomic E-state index is 13.7. The van der Waals surface area contributed by atoms with Crippen LogP contribution in [0.2, 0.25) is 0 Å². The fourth-order valence-electron chi connectivity index (χ4n) is 2.47. The van der Waals surface area contributed by atoms with Crippen LogP contribution in [0.1, 0.15) is 21.7 Å². The summed E-state index contributed by atoms with van der Waals surface area (Å²) in [6, 6.07) is 12.0. The summed E-state index contributed by atoms with van der Waals surface area (Å²) >= 11 is 0. The summed E-state index contributed by atoms with van der Waals surface area (Å²) in [5.41, 5.74) is 1.64. The summed E-state index contributed by atoms with van der Waals surface area (Å²) in [5.74, 6) is 0.00472. The Labute approximate surface area is 132 Å². The van der Waals surface area contributed by atoms with E-state index >= 15 is 0 Å². The molecule has 2 aromatic carbocycles. The molecule has 0 fully saturated rings. The third kappa shape index (κ3) is 2.90. The van der Waals surface area contributed by atoms with Gasteiger partial charge in [0.15, 0.2) is 17.2 Å².